The fourth-order valence-electron chi connectivity index (χ4n) is 2.64. The van der Waals surface area contributed by atoms with Crippen LogP contribution in [0.5, 0.6) is 0 Å². The topological polar surface area (TPSA) is 101 Å². The van der Waals surface area contributed by atoms with Crippen molar-refractivity contribution in [3.63, 3.8) is 0 Å². The molecule has 0 bridgehead atoms. The summed E-state index contributed by atoms with van der Waals surface area (Å²) in [5, 5.41) is 0. The summed E-state index contributed by atoms with van der Waals surface area (Å²) in [6.45, 7) is 0.922. The maximum Gasteiger partial charge on any atom is 0.265 e. The molecule has 7 heteroatoms. The molecule has 21 heavy (non-hydrogen) atoms. The minimum absolute atomic E-state index is 0.241. The zero-order valence-electron chi connectivity index (χ0n) is 11.6. The summed E-state index contributed by atoms with van der Waals surface area (Å²) >= 11 is 0. The largest absolute Gasteiger partial charge is 0.368 e. The lowest BCUT2D eigenvalue weighted by Crippen LogP contribution is -2.47. The number of piperidine rings is 1. The molecular formula is C14H19FN4O2. The number of hydrogen-bond donors (Lipinski definition) is 3. The van der Waals surface area contributed by atoms with Crippen molar-refractivity contribution >= 4 is 11.8 Å². The van der Waals surface area contributed by atoms with Crippen LogP contribution in [0.3, 0.4) is 0 Å². The lowest BCUT2D eigenvalue weighted by Gasteiger charge is -2.33. The first-order chi connectivity index (χ1) is 10.0. The highest BCUT2D eigenvalue weighted by atomic mass is 19.1. The summed E-state index contributed by atoms with van der Waals surface area (Å²) in [5.41, 5.74) is 8.03. The van der Waals surface area contributed by atoms with Crippen LogP contribution >= 0.6 is 0 Å². The first-order valence-electron chi connectivity index (χ1n) is 6.85. The Kier molecular flexibility index (Phi) is 4.87. The van der Waals surface area contributed by atoms with Crippen molar-refractivity contribution in [2.24, 2.45) is 11.6 Å². The van der Waals surface area contributed by atoms with Crippen LogP contribution in [0.15, 0.2) is 18.2 Å². The first-order valence-corrected chi connectivity index (χ1v) is 6.85. The van der Waals surface area contributed by atoms with Gasteiger partial charge in [-0.3, -0.25) is 19.9 Å². The van der Waals surface area contributed by atoms with Gasteiger partial charge in [0.05, 0.1) is 6.04 Å². The molecule has 1 aliphatic heterocycles. The smallest absolute Gasteiger partial charge is 0.265 e. The summed E-state index contributed by atoms with van der Waals surface area (Å²) in [4.78, 5) is 24.8. The van der Waals surface area contributed by atoms with E-state index < -0.39 is 17.6 Å². The summed E-state index contributed by atoms with van der Waals surface area (Å²) in [6.07, 6.45) is 2.55. The number of nitrogens with one attached hydrogen (secondary N) is 1. The molecule has 1 atom stereocenters. The predicted molar refractivity (Wildman–Crippen MR) is 75.3 cm³/mol. The molecule has 1 unspecified atom stereocenters. The fourth-order valence-corrected chi connectivity index (χ4v) is 2.64. The van der Waals surface area contributed by atoms with Crippen LogP contribution in [-0.2, 0) is 11.3 Å². The van der Waals surface area contributed by atoms with Gasteiger partial charge in [-0.25, -0.2) is 10.2 Å². The highest BCUT2D eigenvalue weighted by molar-refractivity contribution is 5.93. The predicted octanol–water partition coefficient (Wildman–Crippen LogP) is 0.269. The van der Waals surface area contributed by atoms with Crippen LogP contribution in [0, 0.1) is 5.82 Å². The number of carbonyl (C=O) groups is 2. The molecule has 5 N–H and O–H groups in total. The minimum atomic E-state index is -0.485. The first kappa shape index (κ1) is 15.4. The molecule has 0 aromatic heterocycles. The number of benzene rings is 1. The highest BCUT2D eigenvalue weighted by Gasteiger charge is 2.27. The van der Waals surface area contributed by atoms with Crippen LogP contribution in [0.2, 0.25) is 0 Å². The van der Waals surface area contributed by atoms with E-state index in [2.05, 4.69) is 0 Å². The van der Waals surface area contributed by atoms with Crippen LogP contribution in [0.1, 0.15) is 35.2 Å². The van der Waals surface area contributed by atoms with E-state index in [1.54, 1.807) is 0 Å². The standard InChI is InChI=1S/C14H19FN4O2/c15-11-5-4-9(14(21)18-17)7-10(11)8-19-6-2-1-3-12(19)13(16)20/h4-5,7,12H,1-3,6,8,17H2,(H2,16,20)(H,18,21). The Labute approximate surface area is 122 Å². The molecule has 2 rings (SSSR count). The summed E-state index contributed by atoms with van der Waals surface area (Å²) in [5.74, 6) is 3.77. The SMILES string of the molecule is NNC(=O)c1ccc(F)c(CN2CCCCC2C(N)=O)c1. The minimum Gasteiger partial charge on any atom is -0.368 e. The molecule has 2 amide bonds. The maximum atomic E-state index is 13.9. The Balaban J connectivity index is 2.21. The van der Waals surface area contributed by atoms with E-state index in [4.69, 9.17) is 11.6 Å². The Bertz CT molecular complexity index is 550. The van der Waals surface area contributed by atoms with E-state index in [-0.39, 0.29) is 18.2 Å². The van der Waals surface area contributed by atoms with Gasteiger partial charge in [0, 0.05) is 17.7 Å². The van der Waals surface area contributed by atoms with Crippen LogP contribution in [0.25, 0.3) is 0 Å². The average molecular weight is 294 g/mol. The van der Waals surface area contributed by atoms with Gasteiger partial charge < -0.3 is 5.73 Å². The van der Waals surface area contributed by atoms with E-state index in [0.717, 1.165) is 12.8 Å². The lowest BCUT2D eigenvalue weighted by atomic mass is 10.00. The zero-order valence-corrected chi connectivity index (χ0v) is 11.6. The third-order valence-electron chi connectivity index (χ3n) is 3.75. The molecule has 1 aliphatic rings. The van der Waals surface area contributed by atoms with Gasteiger partial charge in [0.2, 0.25) is 5.91 Å². The number of hydrogen-bond acceptors (Lipinski definition) is 4. The molecular weight excluding hydrogens is 275 g/mol. The molecule has 1 saturated heterocycles. The number of hydrazine groups is 1. The monoisotopic (exact) mass is 294 g/mol. The Morgan fingerprint density at radius 1 is 1.38 bits per heavy atom. The van der Waals surface area contributed by atoms with Crippen LogP contribution in [0.4, 0.5) is 4.39 Å². The third kappa shape index (κ3) is 3.56. The van der Waals surface area contributed by atoms with Crippen molar-refractivity contribution in [1.29, 1.82) is 0 Å². The molecule has 0 saturated carbocycles. The molecule has 0 radical (unpaired) electrons. The van der Waals surface area contributed by atoms with Gasteiger partial charge in [-0.2, -0.15) is 0 Å². The Hall–Kier alpha value is -1.99. The van der Waals surface area contributed by atoms with Gasteiger partial charge in [-0.15, -0.1) is 0 Å². The van der Waals surface area contributed by atoms with Crippen molar-refractivity contribution in [3.8, 4) is 0 Å². The number of amides is 2. The lowest BCUT2D eigenvalue weighted by molar-refractivity contribution is -0.124. The van der Waals surface area contributed by atoms with E-state index >= 15 is 0 Å². The highest BCUT2D eigenvalue weighted by Crippen LogP contribution is 2.21. The Morgan fingerprint density at radius 2 is 2.14 bits per heavy atom. The number of primary amides is 1. The van der Waals surface area contributed by atoms with Crippen LogP contribution < -0.4 is 17.0 Å². The molecule has 1 fully saturated rings. The van der Waals surface area contributed by atoms with E-state index in [1.165, 1.54) is 18.2 Å². The van der Waals surface area contributed by atoms with Crippen molar-refractivity contribution in [2.75, 3.05) is 6.54 Å². The number of nitrogens with zero attached hydrogens (tertiary/aromatic N) is 1. The molecule has 114 valence electrons. The summed E-state index contributed by atoms with van der Waals surface area (Å²) in [7, 11) is 0. The van der Waals surface area contributed by atoms with Crippen molar-refractivity contribution in [3.05, 3.63) is 35.1 Å². The van der Waals surface area contributed by atoms with Gasteiger partial charge in [-0.1, -0.05) is 6.42 Å². The quantitative estimate of drug-likeness (QED) is 0.421. The average Bonchev–Trinajstić information content (AvgIpc) is 2.49. The molecule has 1 aromatic rings. The second-order valence-electron chi connectivity index (χ2n) is 5.16. The number of rotatable bonds is 4. The van der Waals surface area contributed by atoms with Gasteiger partial charge in [0.25, 0.3) is 5.91 Å². The van der Waals surface area contributed by atoms with Gasteiger partial charge in [0.1, 0.15) is 5.82 Å². The zero-order chi connectivity index (χ0) is 15.4. The van der Waals surface area contributed by atoms with Gasteiger partial charge in [0.15, 0.2) is 0 Å². The van der Waals surface area contributed by atoms with Gasteiger partial charge in [-0.05, 0) is 37.6 Å². The molecule has 1 heterocycles. The number of halogens is 1. The van der Waals surface area contributed by atoms with Gasteiger partial charge >= 0.3 is 0 Å². The number of carbonyl (C=O) groups excluding carboxylic acids is 2. The fraction of sp³-hybridized carbons (Fsp3) is 0.429. The summed E-state index contributed by atoms with van der Waals surface area (Å²) < 4.78 is 13.9. The number of likely N-dealkylation sites (tertiary alicyclic amines) is 1. The van der Waals surface area contributed by atoms with E-state index in [9.17, 15) is 14.0 Å². The maximum absolute atomic E-state index is 13.9. The van der Waals surface area contributed by atoms with Crippen molar-refractivity contribution in [2.45, 2.75) is 31.8 Å². The Morgan fingerprint density at radius 3 is 2.81 bits per heavy atom. The second-order valence-corrected chi connectivity index (χ2v) is 5.16. The number of nitrogen functional groups attached to an aromatic ring is 1. The molecule has 6 nitrogen and oxygen atoms in total. The number of nitrogens with two attached hydrogens (primary N) is 2. The van der Waals surface area contributed by atoms with Crippen LogP contribution in [-0.4, -0.2) is 29.3 Å². The third-order valence-corrected chi connectivity index (χ3v) is 3.75. The molecule has 1 aromatic carbocycles. The van der Waals surface area contributed by atoms with E-state index in [1.807, 2.05) is 10.3 Å². The van der Waals surface area contributed by atoms with Crippen molar-refractivity contribution in [1.82, 2.24) is 10.3 Å². The second kappa shape index (κ2) is 6.64. The van der Waals surface area contributed by atoms with E-state index in [0.29, 0.717) is 18.5 Å². The summed E-state index contributed by atoms with van der Waals surface area (Å²) in [6, 6.07) is 3.65. The molecule has 0 aliphatic carbocycles. The van der Waals surface area contributed by atoms with Crippen molar-refractivity contribution < 1.29 is 14.0 Å². The normalized spacial score (nSPS) is 19.2. The molecule has 0 spiro atoms.